The first-order valence-corrected chi connectivity index (χ1v) is 10.5. The number of carbonyl (C=O) groups excluding carboxylic acids is 1. The van der Waals surface area contributed by atoms with E-state index in [2.05, 4.69) is 0 Å². The van der Waals surface area contributed by atoms with Gasteiger partial charge in [0.2, 0.25) is 5.78 Å². The normalized spacial score (nSPS) is 16.1. The average Bonchev–Trinajstić information content (AvgIpc) is 2.90. The number of Topliss-reactive ketones (excluding diaryl/α,β-unsaturated/α-hetero) is 1. The molecular formula is C21H22O6S. The summed E-state index contributed by atoms with van der Waals surface area (Å²) in [6.07, 6.45) is 1.15. The summed E-state index contributed by atoms with van der Waals surface area (Å²) in [6.45, 7) is 3.40. The van der Waals surface area contributed by atoms with E-state index in [-0.39, 0.29) is 10.7 Å². The molecule has 0 fully saturated rings. The molecule has 0 atom stereocenters. The summed E-state index contributed by atoms with van der Waals surface area (Å²) in [4.78, 5) is 13.2. The number of ketones is 1. The first-order valence-electron chi connectivity index (χ1n) is 8.59. The number of rotatable bonds is 5. The zero-order valence-corrected chi connectivity index (χ0v) is 17.2. The van der Waals surface area contributed by atoms with Crippen molar-refractivity contribution in [2.45, 2.75) is 24.3 Å². The summed E-state index contributed by atoms with van der Waals surface area (Å²) in [5.41, 5.74) is 0.637. The van der Waals surface area contributed by atoms with Crippen molar-refractivity contribution in [2.75, 3.05) is 20.5 Å². The highest BCUT2D eigenvalue weighted by Gasteiger charge is 2.43. The van der Waals surface area contributed by atoms with Crippen LogP contribution in [0, 0.1) is 0 Å². The van der Waals surface area contributed by atoms with Gasteiger partial charge >= 0.3 is 0 Å². The maximum atomic E-state index is 13.0. The number of hydrogen-bond acceptors (Lipinski definition) is 6. The zero-order chi connectivity index (χ0) is 20.7. The van der Waals surface area contributed by atoms with Crippen LogP contribution in [0.25, 0.3) is 11.3 Å². The topological polar surface area (TPSA) is 78.9 Å². The van der Waals surface area contributed by atoms with Crippen molar-refractivity contribution in [3.8, 4) is 11.5 Å². The Kier molecular flexibility index (Phi) is 4.97. The van der Waals surface area contributed by atoms with Gasteiger partial charge in [0.15, 0.2) is 26.9 Å². The van der Waals surface area contributed by atoms with Crippen LogP contribution in [-0.2, 0) is 19.4 Å². The number of carbonyl (C=O) groups is 1. The van der Waals surface area contributed by atoms with E-state index in [4.69, 9.17) is 14.2 Å². The lowest BCUT2D eigenvalue weighted by Gasteiger charge is -2.18. The summed E-state index contributed by atoms with van der Waals surface area (Å²) in [5, 5.41) is 0. The molecule has 7 heteroatoms. The quantitative estimate of drug-likeness (QED) is 0.763. The predicted molar refractivity (Wildman–Crippen MR) is 106 cm³/mol. The molecule has 6 nitrogen and oxygen atoms in total. The molecule has 2 aromatic rings. The maximum Gasteiger partial charge on any atom is 0.210 e. The lowest BCUT2D eigenvalue weighted by molar-refractivity contribution is -0.125. The van der Waals surface area contributed by atoms with Crippen LogP contribution in [0.2, 0.25) is 0 Å². The second-order valence-electron chi connectivity index (χ2n) is 7.01. The van der Waals surface area contributed by atoms with Gasteiger partial charge in [-0.1, -0.05) is 6.07 Å². The van der Waals surface area contributed by atoms with Gasteiger partial charge in [0.1, 0.15) is 5.76 Å². The number of benzene rings is 2. The standard InChI is InChI=1S/C21H22O6S/c1-21(2)20(22)18(14-8-11-16(25-3)17(12-14)26-4)19(27-21)13-6-9-15(10-7-13)28(5,23)24/h6-12H,1-5H3. The van der Waals surface area contributed by atoms with Crippen LogP contribution in [0.1, 0.15) is 25.0 Å². The third kappa shape index (κ3) is 3.49. The fraction of sp³-hybridized carbons (Fsp3) is 0.286. The Labute approximate surface area is 164 Å². The number of sulfone groups is 1. The molecule has 3 rings (SSSR count). The van der Waals surface area contributed by atoms with Crippen LogP contribution in [-0.4, -0.2) is 40.3 Å². The highest BCUT2D eigenvalue weighted by molar-refractivity contribution is 7.90. The molecule has 28 heavy (non-hydrogen) atoms. The average molecular weight is 402 g/mol. The van der Waals surface area contributed by atoms with E-state index in [0.717, 1.165) is 6.26 Å². The minimum atomic E-state index is -3.31. The van der Waals surface area contributed by atoms with Gasteiger partial charge in [0.25, 0.3) is 0 Å². The van der Waals surface area contributed by atoms with E-state index in [0.29, 0.717) is 34.0 Å². The van der Waals surface area contributed by atoms with Crippen LogP contribution in [0.4, 0.5) is 0 Å². The Bertz CT molecular complexity index is 1060. The van der Waals surface area contributed by atoms with Crippen molar-refractivity contribution in [1.29, 1.82) is 0 Å². The number of ether oxygens (including phenoxy) is 3. The number of methoxy groups -OCH3 is 2. The molecule has 1 aliphatic heterocycles. The molecule has 0 N–H and O–H groups in total. The van der Waals surface area contributed by atoms with Crippen LogP contribution < -0.4 is 9.47 Å². The fourth-order valence-electron chi connectivity index (χ4n) is 3.07. The second kappa shape index (κ2) is 6.98. The molecule has 0 saturated heterocycles. The summed E-state index contributed by atoms with van der Waals surface area (Å²) >= 11 is 0. The minimum Gasteiger partial charge on any atom is -0.493 e. The molecule has 0 aromatic heterocycles. The van der Waals surface area contributed by atoms with Gasteiger partial charge in [-0.2, -0.15) is 0 Å². The molecule has 0 aliphatic carbocycles. The van der Waals surface area contributed by atoms with Gasteiger partial charge in [0, 0.05) is 11.8 Å². The predicted octanol–water partition coefficient (Wildman–Crippen LogP) is 3.35. The Morgan fingerprint density at radius 3 is 2.00 bits per heavy atom. The van der Waals surface area contributed by atoms with E-state index in [1.165, 1.54) is 19.2 Å². The van der Waals surface area contributed by atoms with Crippen LogP contribution in [0.3, 0.4) is 0 Å². The highest BCUT2D eigenvalue weighted by atomic mass is 32.2. The van der Waals surface area contributed by atoms with Gasteiger partial charge in [-0.05, 0) is 55.8 Å². The third-order valence-electron chi connectivity index (χ3n) is 4.58. The van der Waals surface area contributed by atoms with E-state index in [1.807, 2.05) is 0 Å². The van der Waals surface area contributed by atoms with Gasteiger partial charge in [-0.3, -0.25) is 4.79 Å². The Morgan fingerprint density at radius 2 is 1.46 bits per heavy atom. The second-order valence-corrected chi connectivity index (χ2v) is 9.03. The Hall–Kier alpha value is -2.80. The first-order chi connectivity index (χ1) is 13.1. The molecule has 2 aromatic carbocycles. The summed E-state index contributed by atoms with van der Waals surface area (Å²) in [6, 6.07) is 11.5. The molecule has 0 bridgehead atoms. The minimum absolute atomic E-state index is 0.165. The van der Waals surface area contributed by atoms with Crippen molar-refractivity contribution in [1.82, 2.24) is 0 Å². The molecule has 0 saturated carbocycles. The molecular weight excluding hydrogens is 380 g/mol. The van der Waals surface area contributed by atoms with Crippen molar-refractivity contribution in [3.05, 3.63) is 53.6 Å². The van der Waals surface area contributed by atoms with Crippen molar-refractivity contribution in [3.63, 3.8) is 0 Å². The lowest BCUT2D eigenvalue weighted by Crippen LogP contribution is -2.29. The summed E-state index contributed by atoms with van der Waals surface area (Å²) in [5.74, 6) is 1.29. The van der Waals surface area contributed by atoms with E-state index in [9.17, 15) is 13.2 Å². The molecule has 1 heterocycles. The Morgan fingerprint density at radius 1 is 0.893 bits per heavy atom. The molecule has 148 valence electrons. The van der Waals surface area contributed by atoms with Crippen LogP contribution in [0.5, 0.6) is 11.5 Å². The monoisotopic (exact) mass is 402 g/mol. The van der Waals surface area contributed by atoms with E-state index < -0.39 is 15.4 Å². The van der Waals surface area contributed by atoms with Gasteiger partial charge in [-0.25, -0.2) is 8.42 Å². The van der Waals surface area contributed by atoms with Gasteiger partial charge < -0.3 is 14.2 Å². The number of hydrogen-bond donors (Lipinski definition) is 0. The largest absolute Gasteiger partial charge is 0.493 e. The van der Waals surface area contributed by atoms with Crippen molar-refractivity contribution in [2.24, 2.45) is 0 Å². The van der Waals surface area contributed by atoms with Crippen LogP contribution in [0.15, 0.2) is 47.4 Å². The zero-order valence-electron chi connectivity index (χ0n) is 16.4. The highest BCUT2D eigenvalue weighted by Crippen LogP contribution is 2.43. The van der Waals surface area contributed by atoms with E-state index >= 15 is 0 Å². The smallest absolute Gasteiger partial charge is 0.210 e. The summed E-state index contributed by atoms with van der Waals surface area (Å²) in [7, 11) is -0.248. The first kappa shape index (κ1) is 19.9. The van der Waals surface area contributed by atoms with Crippen molar-refractivity contribution < 1.29 is 27.4 Å². The van der Waals surface area contributed by atoms with Crippen molar-refractivity contribution >= 4 is 27.0 Å². The lowest BCUT2D eigenvalue weighted by atomic mass is 9.92. The van der Waals surface area contributed by atoms with Gasteiger partial charge in [0.05, 0.1) is 24.7 Å². The fourth-order valence-corrected chi connectivity index (χ4v) is 3.70. The molecule has 0 amide bonds. The Balaban J connectivity index is 2.17. The molecule has 1 aliphatic rings. The maximum absolute atomic E-state index is 13.0. The molecule has 0 radical (unpaired) electrons. The molecule has 0 spiro atoms. The summed E-state index contributed by atoms with van der Waals surface area (Å²) < 4.78 is 40.0. The SMILES string of the molecule is COc1ccc(C2=C(c3ccc(S(C)(=O)=O)cc3)OC(C)(C)C2=O)cc1OC. The molecule has 0 unspecified atom stereocenters. The van der Waals surface area contributed by atoms with Crippen LogP contribution >= 0.6 is 0 Å². The third-order valence-corrected chi connectivity index (χ3v) is 5.70. The van der Waals surface area contributed by atoms with E-state index in [1.54, 1.807) is 51.3 Å². The van der Waals surface area contributed by atoms with Gasteiger partial charge in [-0.15, -0.1) is 0 Å².